The van der Waals surface area contributed by atoms with Crippen LogP contribution in [-0.2, 0) is 0 Å². The third-order valence-corrected chi connectivity index (χ3v) is 6.97. The lowest BCUT2D eigenvalue weighted by atomic mass is 10.1. The Hall–Kier alpha value is -4.66. The van der Waals surface area contributed by atoms with E-state index in [1.807, 2.05) is 24.7 Å². The number of anilines is 1. The zero-order valence-corrected chi connectivity index (χ0v) is 19.9. The number of fused-ring (bicyclic) bond motifs is 2. The van der Waals surface area contributed by atoms with Crippen LogP contribution in [-0.4, -0.2) is 41.2 Å². The summed E-state index contributed by atoms with van der Waals surface area (Å²) in [6, 6.07) is 11.1. The van der Waals surface area contributed by atoms with Gasteiger partial charge in [-0.15, -0.1) is 0 Å². The zero-order chi connectivity index (χ0) is 24.8. The summed E-state index contributed by atoms with van der Waals surface area (Å²) in [6.45, 7) is 0. The molecule has 1 aliphatic carbocycles. The molecule has 5 heterocycles. The average Bonchev–Trinajstić information content (AvgIpc) is 3.67. The first-order valence-corrected chi connectivity index (χ1v) is 12.4. The van der Waals surface area contributed by atoms with E-state index < -0.39 is 0 Å². The van der Waals surface area contributed by atoms with E-state index in [9.17, 15) is 4.39 Å². The van der Waals surface area contributed by atoms with Crippen molar-refractivity contribution in [3.63, 3.8) is 0 Å². The number of benzene rings is 1. The van der Waals surface area contributed by atoms with Gasteiger partial charge in [-0.1, -0.05) is 25.0 Å². The van der Waals surface area contributed by atoms with Crippen LogP contribution in [0.25, 0.3) is 55.8 Å². The smallest absolute Gasteiger partial charge is 0.181 e. The topological polar surface area (TPSA) is 108 Å². The first kappa shape index (κ1) is 21.6. The van der Waals surface area contributed by atoms with Crippen molar-refractivity contribution in [2.24, 2.45) is 0 Å². The van der Waals surface area contributed by atoms with Crippen LogP contribution < -0.4 is 5.32 Å². The van der Waals surface area contributed by atoms with Crippen LogP contribution in [0.2, 0.25) is 0 Å². The number of aromatic amines is 2. The van der Waals surface area contributed by atoms with E-state index in [2.05, 4.69) is 47.6 Å². The highest BCUT2D eigenvalue weighted by Crippen LogP contribution is 2.33. The first-order chi connectivity index (χ1) is 18.2. The molecule has 8 nitrogen and oxygen atoms in total. The Balaban J connectivity index is 1.28. The van der Waals surface area contributed by atoms with Crippen molar-refractivity contribution in [2.75, 3.05) is 5.32 Å². The fourth-order valence-electron chi connectivity index (χ4n) is 5.14. The Morgan fingerprint density at radius 3 is 2.65 bits per heavy atom. The molecular formula is C28H23FN8. The Morgan fingerprint density at radius 2 is 1.76 bits per heavy atom. The molecule has 1 saturated carbocycles. The number of H-pyrrole nitrogens is 2. The molecule has 6 aromatic rings. The third-order valence-electron chi connectivity index (χ3n) is 6.97. The van der Waals surface area contributed by atoms with Gasteiger partial charge in [-0.2, -0.15) is 5.10 Å². The molecular weight excluding hydrogens is 467 g/mol. The second-order valence-corrected chi connectivity index (χ2v) is 9.46. The van der Waals surface area contributed by atoms with Crippen molar-refractivity contribution >= 4 is 27.8 Å². The van der Waals surface area contributed by atoms with E-state index in [-0.39, 0.29) is 5.82 Å². The fraction of sp³-hybridized carbons (Fsp3) is 0.179. The van der Waals surface area contributed by atoms with Gasteiger partial charge < -0.3 is 10.3 Å². The predicted molar refractivity (Wildman–Crippen MR) is 141 cm³/mol. The lowest BCUT2D eigenvalue weighted by molar-refractivity contribution is 0.628. The summed E-state index contributed by atoms with van der Waals surface area (Å²) in [7, 11) is 0. The lowest BCUT2D eigenvalue weighted by Crippen LogP contribution is -2.14. The third kappa shape index (κ3) is 3.98. The van der Waals surface area contributed by atoms with Crippen molar-refractivity contribution in [2.45, 2.75) is 31.7 Å². The minimum Gasteiger partial charge on any atom is -0.381 e. The Bertz CT molecular complexity index is 1750. The Morgan fingerprint density at radius 1 is 0.892 bits per heavy atom. The number of imidazole rings is 1. The fourth-order valence-corrected chi connectivity index (χ4v) is 5.14. The van der Waals surface area contributed by atoms with Crippen molar-refractivity contribution in [1.29, 1.82) is 0 Å². The number of aromatic nitrogens is 7. The normalized spacial score (nSPS) is 14.1. The quantitative estimate of drug-likeness (QED) is 0.269. The monoisotopic (exact) mass is 490 g/mol. The number of hydrogen-bond acceptors (Lipinski definition) is 6. The molecule has 0 unspecified atom stereocenters. The molecule has 1 aromatic carbocycles. The molecule has 9 heteroatoms. The van der Waals surface area contributed by atoms with E-state index in [1.54, 1.807) is 18.5 Å². The van der Waals surface area contributed by atoms with Gasteiger partial charge in [0.2, 0.25) is 0 Å². The van der Waals surface area contributed by atoms with Gasteiger partial charge in [0.05, 0.1) is 28.3 Å². The van der Waals surface area contributed by atoms with E-state index in [1.165, 1.54) is 37.8 Å². The van der Waals surface area contributed by atoms with Crippen molar-refractivity contribution < 1.29 is 4.39 Å². The van der Waals surface area contributed by atoms with E-state index in [0.29, 0.717) is 28.6 Å². The molecule has 3 N–H and O–H groups in total. The Labute approximate surface area is 211 Å². The second-order valence-electron chi connectivity index (χ2n) is 9.46. The number of rotatable bonds is 5. The molecule has 0 radical (unpaired) electrons. The van der Waals surface area contributed by atoms with Crippen molar-refractivity contribution in [1.82, 2.24) is 35.1 Å². The van der Waals surface area contributed by atoms with Crippen LogP contribution >= 0.6 is 0 Å². The number of nitrogens with one attached hydrogen (secondary N) is 3. The molecule has 7 rings (SSSR count). The van der Waals surface area contributed by atoms with Gasteiger partial charge in [0.1, 0.15) is 11.5 Å². The molecule has 182 valence electrons. The number of nitrogens with zero attached hydrogens (tertiary/aromatic N) is 5. The van der Waals surface area contributed by atoms with Crippen molar-refractivity contribution in [3.8, 4) is 33.8 Å². The maximum absolute atomic E-state index is 13.9. The van der Waals surface area contributed by atoms with Crippen LogP contribution in [0.3, 0.4) is 0 Å². The summed E-state index contributed by atoms with van der Waals surface area (Å²) in [5.41, 5.74) is 7.17. The summed E-state index contributed by atoms with van der Waals surface area (Å²) >= 11 is 0. The maximum atomic E-state index is 13.9. The first-order valence-electron chi connectivity index (χ1n) is 12.4. The molecule has 0 atom stereocenters. The van der Waals surface area contributed by atoms with Gasteiger partial charge in [-0.3, -0.25) is 15.1 Å². The number of halogens is 1. The Kier molecular flexibility index (Phi) is 5.12. The van der Waals surface area contributed by atoms with Gasteiger partial charge in [-0.25, -0.2) is 14.4 Å². The van der Waals surface area contributed by atoms with Crippen LogP contribution in [0.15, 0.2) is 67.4 Å². The summed E-state index contributed by atoms with van der Waals surface area (Å²) < 4.78 is 13.9. The molecule has 37 heavy (non-hydrogen) atoms. The second kappa shape index (κ2) is 8.77. The highest BCUT2D eigenvalue weighted by atomic mass is 19.1. The molecule has 0 saturated heterocycles. The van der Waals surface area contributed by atoms with Crippen molar-refractivity contribution in [3.05, 3.63) is 73.2 Å². The molecule has 1 aliphatic rings. The number of pyridine rings is 3. The maximum Gasteiger partial charge on any atom is 0.181 e. The number of hydrogen-bond donors (Lipinski definition) is 3. The van der Waals surface area contributed by atoms with Gasteiger partial charge in [0.25, 0.3) is 0 Å². The average molecular weight is 491 g/mol. The van der Waals surface area contributed by atoms with Crippen LogP contribution in [0.5, 0.6) is 0 Å². The van der Waals surface area contributed by atoms with Gasteiger partial charge in [-0.05, 0) is 42.7 Å². The lowest BCUT2D eigenvalue weighted by Gasteiger charge is -2.13. The summed E-state index contributed by atoms with van der Waals surface area (Å²) in [6.07, 6.45) is 13.9. The zero-order valence-electron chi connectivity index (χ0n) is 19.9. The van der Waals surface area contributed by atoms with E-state index in [4.69, 9.17) is 4.98 Å². The highest BCUT2D eigenvalue weighted by molar-refractivity contribution is 5.96. The molecule has 0 bridgehead atoms. The largest absolute Gasteiger partial charge is 0.381 e. The van der Waals surface area contributed by atoms with E-state index >= 15 is 0 Å². The van der Waals surface area contributed by atoms with Crippen LogP contribution in [0.1, 0.15) is 25.7 Å². The minimum atomic E-state index is -0.305. The minimum absolute atomic E-state index is 0.305. The molecule has 0 aliphatic heterocycles. The summed E-state index contributed by atoms with van der Waals surface area (Å²) in [4.78, 5) is 21.5. The van der Waals surface area contributed by atoms with Gasteiger partial charge >= 0.3 is 0 Å². The van der Waals surface area contributed by atoms with Crippen LogP contribution in [0.4, 0.5) is 10.1 Å². The summed E-state index contributed by atoms with van der Waals surface area (Å²) in [5.74, 6) is 0.303. The predicted octanol–water partition coefficient (Wildman–Crippen LogP) is 6.12. The van der Waals surface area contributed by atoms with Crippen LogP contribution in [0, 0.1) is 5.82 Å². The standard InChI is InChI=1S/C28H23FN8/c29-19-5-3-4-16(8-19)23-14-31-15-24-25(23)35-28(34-24)26-22-10-18(12-32-27(22)37-36-26)17-9-21(13-30-11-17)33-20-6-1-2-7-20/h3-5,8-15,20,33H,1-2,6-7H2,(H,34,35)(H,32,36,37). The van der Waals surface area contributed by atoms with Gasteiger partial charge in [0.15, 0.2) is 11.5 Å². The van der Waals surface area contributed by atoms with Gasteiger partial charge in [0, 0.05) is 47.5 Å². The molecule has 0 spiro atoms. The SMILES string of the molecule is Fc1cccc(-c2cncc3[nH]c(-c4[nH]nc5ncc(-c6cncc(NC7CCCC7)c6)cc45)nc23)c1. The molecule has 0 amide bonds. The summed E-state index contributed by atoms with van der Waals surface area (Å²) in [5, 5.41) is 11.9. The van der Waals surface area contributed by atoms with E-state index in [0.717, 1.165) is 39.0 Å². The highest BCUT2D eigenvalue weighted by Gasteiger charge is 2.18. The molecule has 1 fully saturated rings. The molecule has 5 aromatic heterocycles.